The van der Waals surface area contributed by atoms with E-state index in [4.69, 9.17) is 5.73 Å². The maximum atomic E-state index is 9.50. The zero-order valence-corrected chi connectivity index (χ0v) is 10.2. The molecule has 0 aromatic carbocycles. The van der Waals surface area contributed by atoms with Crippen LogP contribution in [0.15, 0.2) is 12.4 Å². The summed E-state index contributed by atoms with van der Waals surface area (Å²) in [5.41, 5.74) is 8.17. The molecule has 6 nitrogen and oxygen atoms in total. The standard InChI is InChI=1S/C7H8N4.C4H9NO.CH4/c1-4-2-9-7-6(4)11-5(8)3-10-7;1-4(2)5-3-6;/h2-3H,1H3,(H2,8,11)(H,9,10);3-4H,1-2H3,(H,5,6);1H4. The first-order chi connectivity index (χ1) is 8.04. The van der Waals surface area contributed by atoms with Gasteiger partial charge in [0, 0.05) is 12.2 Å². The second-order valence-corrected chi connectivity index (χ2v) is 3.90. The Kier molecular flexibility index (Phi) is 6.41. The molecule has 0 saturated heterocycles. The van der Waals surface area contributed by atoms with Crippen molar-refractivity contribution < 1.29 is 4.79 Å². The van der Waals surface area contributed by atoms with Gasteiger partial charge in [0.2, 0.25) is 6.41 Å². The van der Waals surface area contributed by atoms with Gasteiger partial charge < -0.3 is 16.0 Å². The van der Waals surface area contributed by atoms with Gasteiger partial charge in [-0.15, -0.1) is 0 Å². The maximum Gasteiger partial charge on any atom is 0.207 e. The molecule has 0 fully saturated rings. The van der Waals surface area contributed by atoms with Gasteiger partial charge in [0.05, 0.1) is 6.20 Å². The number of aromatic amines is 1. The monoisotopic (exact) mass is 251 g/mol. The lowest BCUT2D eigenvalue weighted by molar-refractivity contribution is -0.109. The van der Waals surface area contributed by atoms with Crippen LogP contribution in [0.3, 0.4) is 0 Å². The molecule has 18 heavy (non-hydrogen) atoms. The summed E-state index contributed by atoms with van der Waals surface area (Å²) in [4.78, 5) is 20.7. The van der Waals surface area contributed by atoms with Crippen LogP contribution in [-0.4, -0.2) is 27.4 Å². The van der Waals surface area contributed by atoms with Crippen LogP contribution in [0.5, 0.6) is 0 Å². The average Bonchev–Trinajstić information content (AvgIpc) is 2.61. The van der Waals surface area contributed by atoms with Crippen LogP contribution in [-0.2, 0) is 4.79 Å². The second kappa shape index (κ2) is 7.26. The van der Waals surface area contributed by atoms with Crippen LogP contribution < -0.4 is 11.1 Å². The number of rotatable bonds is 2. The number of aryl methyl sites for hydroxylation is 1. The van der Waals surface area contributed by atoms with E-state index in [1.165, 1.54) is 6.20 Å². The van der Waals surface area contributed by atoms with E-state index in [1.807, 2.05) is 27.0 Å². The zero-order valence-electron chi connectivity index (χ0n) is 10.2. The van der Waals surface area contributed by atoms with E-state index in [1.54, 1.807) is 0 Å². The Morgan fingerprint density at radius 3 is 2.67 bits per heavy atom. The van der Waals surface area contributed by atoms with Gasteiger partial charge in [-0.2, -0.15) is 0 Å². The first-order valence-corrected chi connectivity index (χ1v) is 5.30. The van der Waals surface area contributed by atoms with Crippen LogP contribution in [0.4, 0.5) is 5.82 Å². The molecule has 2 aromatic rings. The normalized spacial score (nSPS) is 9.33. The molecule has 6 heteroatoms. The number of anilines is 1. The summed E-state index contributed by atoms with van der Waals surface area (Å²) in [5.74, 6) is 0.459. The molecule has 0 bridgehead atoms. The van der Waals surface area contributed by atoms with Crippen molar-refractivity contribution >= 4 is 23.4 Å². The van der Waals surface area contributed by atoms with Crippen molar-refractivity contribution in [1.82, 2.24) is 20.3 Å². The van der Waals surface area contributed by atoms with E-state index >= 15 is 0 Å². The van der Waals surface area contributed by atoms with E-state index in [-0.39, 0.29) is 13.5 Å². The molecule has 0 atom stereocenters. The molecular formula is C12H21N5O. The highest BCUT2D eigenvalue weighted by molar-refractivity contribution is 5.75. The van der Waals surface area contributed by atoms with Crippen molar-refractivity contribution in [2.24, 2.45) is 0 Å². The molecule has 0 radical (unpaired) electrons. The summed E-state index contributed by atoms with van der Waals surface area (Å²) in [7, 11) is 0. The first kappa shape index (κ1) is 15.9. The minimum absolute atomic E-state index is 0. The summed E-state index contributed by atoms with van der Waals surface area (Å²) >= 11 is 0. The molecule has 0 spiro atoms. The van der Waals surface area contributed by atoms with Gasteiger partial charge in [-0.25, -0.2) is 9.97 Å². The maximum absolute atomic E-state index is 9.50. The zero-order chi connectivity index (χ0) is 12.8. The highest BCUT2D eigenvalue weighted by Crippen LogP contribution is 2.12. The Morgan fingerprint density at radius 2 is 2.17 bits per heavy atom. The molecule has 4 N–H and O–H groups in total. The Morgan fingerprint density at radius 1 is 1.50 bits per heavy atom. The Labute approximate surface area is 107 Å². The molecule has 2 heterocycles. The van der Waals surface area contributed by atoms with E-state index in [9.17, 15) is 4.79 Å². The molecule has 0 unspecified atom stereocenters. The molecule has 0 aliphatic carbocycles. The SMILES string of the molecule is C.CC(C)NC=O.Cc1c[nH]c2ncc(N)nc12. The molecular weight excluding hydrogens is 230 g/mol. The van der Waals surface area contributed by atoms with Crippen molar-refractivity contribution in [2.45, 2.75) is 34.2 Å². The van der Waals surface area contributed by atoms with Gasteiger partial charge >= 0.3 is 0 Å². The Balaban J connectivity index is 0.000000362. The number of fused-ring (bicyclic) bond motifs is 1. The van der Waals surface area contributed by atoms with Crippen molar-refractivity contribution in [2.75, 3.05) is 5.73 Å². The minimum Gasteiger partial charge on any atom is -0.382 e. The lowest BCUT2D eigenvalue weighted by Crippen LogP contribution is -2.19. The third kappa shape index (κ3) is 4.40. The third-order valence-corrected chi connectivity index (χ3v) is 1.99. The third-order valence-electron chi connectivity index (χ3n) is 1.99. The van der Waals surface area contributed by atoms with Gasteiger partial charge in [-0.05, 0) is 26.3 Å². The lowest BCUT2D eigenvalue weighted by Gasteiger charge is -1.96. The van der Waals surface area contributed by atoms with Gasteiger partial charge in [0.25, 0.3) is 0 Å². The summed E-state index contributed by atoms with van der Waals surface area (Å²) < 4.78 is 0. The van der Waals surface area contributed by atoms with Gasteiger partial charge in [-0.1, -0.05) is 7.43 Å². The number of carbonyl (C=O) groups excluding carboxylic acids is 1. The fraction of sp³-hybridized carbons (Fsp3) is 0.417. The van der Waals surface area contributed by atoms with E-state index in [0.717, 1.165) is 16.7 Å². The average molecular weight is 251 g/mol. The number of carbonyl (C=O) groups is 1. The van der Waals surface area contributed by atoms with Crippen LogP contribution in [0.25, 0.3) is 11.2 Å². The quantitative estimate of drug-likeness (QED) is 0.707. The highest BCUT2D eigenvalue weighted by Gasteiger charge is 2.00. The molecule has 2 rings (SSSR count). The van der Waals surface area contributed by atoms with Crippen LogP contribution in [0.1, 0.15) is 26.8 Å². The van der Waals surface area contributed by atoms with E-state index in [0.29, 0.717) is 12.2 Å². The predicted octanol–water partition coefficient (Wildman–Crippen LogP) is 1.63. The molecule has 0 aliphatic rings. The van der Waals surface area contributed by atoms with Gasteiger partial charge in [0.15, 0.2) is 5.65 Å². The minimum atomic E-state index is 0. The number of aromatic nitrogens is 3. The van der Waals surface area contributed by atoms with Crippen LogP contribution >= 0.6 is 0 Å². The number of nitrogens with two attached hydrogens (primary N) is 1. The molecule has 100 valence electrons. The molecule has 2 aromatic heterocycles. The van der Waals surface area contributed by atoms with Crippen molar-refractivity contribution in [3.8, 4) is 0 Å². The largest absolute Gasteiger partial charge is 0.382 e. The number of hydrogen-bond donors (Lipinski definition) is 3. The number of amides is 1. The van der Waals surface area contributed by atoms with Crippen molar-refractivity contribution in [3.05, 3.63) is 18.0 Å². The molecule has 0 saturated carbocycles. The van der Waals surface area contributed by atoms with E-state index < -0.39 is 0 Å². The summed E-state index contributed by atoms with van der Waals surface area (Å²) in [6.45, 7) is 5.79. The Hall–Kier alpha value is -2.11. The van der Waals surface area contributed by atoms with E-state index in [2.05, 4.69) is 20.3 Å². The fourth-order valence-corrected chi connectivity index (χ4v) is 1.16. The second-order valence-electron chi connectivity index (χ2n) is 3.90. The molecule has 1 amide bonds. The van der Waals surface area contributed by atoms with Crippen molar-refractivity contribution in [3.63, 3.8) is 0 Å². The predicted molar refractivity (Wildman–Crippen MR) is 74.1 cm³/mol. The smallest absolute Gasteiger partial charge is 0.207 e. The van der Waals surface area contributed by atoms with Gasteiger partial charge in [0.1, 0.15) is 11.3 Å². The molecule has 0 aliphatic heterocycles. The summed E-state index contributed by atoms with van der Waals surface area (Å²) in [5, 5.41) is 2.53. The number of nitrogens with one attached hydrogen (secondary N) is 2. The topological polar surface area (TPSA) is 96.7 Å². The highest BCUT2D eigenvalue weighted by atomic mass is 16.1. The lowest BCUT2D eigenvalue weighted by atomic mass is 10.3. The number of nitrogens with zero attached hydrogens (tertiary/aromatic N) is 2. The number of H-pyrrole nitrogens is 1. The fourth-order valence-electron chi connectivity index (χ4n) is 1.16. The van der Waals surface area contributed by atoms with Crippen molar-refractivity contribution in [1.29, 1.82) is 0 Å². The van der Waals surface area contributed by atoms with Gasteiger partial charge in [-0.3, -0.25) is 4.79 Å². The summed E-state index contributed by atoms with van der Waals surface area (Å²) in [6, 6.07) is 0.280. The Bertz CT molecular complexity index is 492. The van der Waals surface area contributed by atoms with Crippen LogP contribution in [0, 0.1) is 6.92 Å². The number of hydrogen-bond acceptors (Lipinski definition) is 4. The first-order valence-electron chi connectivity index (χ1n) is 5.30. The number of nitrogen functional groups attached to an aromatic ring is 1. The summed E-state index contributed by atoms with van der Waals surface area (Å²) in [6.07, 6.45) is 4.10. The van der Waals surface area contributed by atoms with Crippen LogP contribution in [0.2, 0.25) is 0 Å².